The maximum absolute atomic E-state index is 11.5. The molecule has 18 heavy (non-hydrogen) atoms. The fourth-order valence-corrected chi connectivity index (χ4v) is 5.84. The second-order valence-electron chi connectivity index (χ2n) is 5.17. The zero-order valence-electron chi connectivity index (χ0n) is 10.4. The summed E-state index contributed by atoms with van der Waals surface area (Å²) >= 11 is 0.430. The van der Waals surface area contributed by atoms with E-state index in [9.17, 15) is 4.79 Å². The maximum atomic E-state index is 11.5. The summed E-state index contributed by atoms with van der Waals surface area (Å²) in [5, 5.41) is 0. The number of carbonyl (C=O) groups is 1. The van der Waals surface area contributed by atoms with Crippen molar-refractivity contribution >= 4 is 25.4 Å². The number of hydrogen-bond donors (Lipinski definition) is 0. The molecule has 0 N–H and O–H groups in total. The number of benzene rings is 1. The summed E-state index contributed by atoms with van der Waals surface area (Å²) in [6.45, 7) is 0. The molecule has 1 aromatic carbocycles. The molecule has 2 nitrogen and oxygen atoms in total. The first kappa shape index (κ1) is 12.3. The molecular formula is C15H18O2Se. The Bertz CT molecular complexity index is 418. The van der Waals surface area contributed by atoms with Crippen LogP contribution >= 0.6 is 0 Å². The Kier molecular flexibility index (Phi) is 3.72. The minimum atomic E-state index is 0.0285. The first-order valence-corrected chi connectivity index (χ1v) is 8.59. The van der Waals surface area contributed by atoms with Crippen molar-refractivity contribution in [3.63, 3.8) is 0 Å². The van der Waals surface area contributed by atoms with E-state index >= 15 is 0 Å². The fraction of sp³-hybridized carbons (Fsp3) is 0.533. The SMILES string of the molecule is O=C1C[C@H]2CCCCC([Se]c3ccccc3)[C@H]2O1. The number of ether oxygens (including phenoxy) is 1. The Morgan fingerprint density at radius 1 is 1.11 bits per heavy atom. The Morgan fingerprint density at radius 2 is 1.89 bits per heavy atom. The van der Waals surface area contributed by atoms with E-state index in [4.69, 9.17) is 4.74 Å². The third kappa shape index (κ3) is 2.62. The third-order valence-corrected chi connectivity index (χ3v) is 6.71. The summed E-state index contributed by atoms with van der Waals surface area (Å²) in [4.78, 5) is 12.1. The zero-order valence-corrected chi connectivity index (χ0v) is 12.1. The molecule has 2 aliphatic rings. The van der Waals surface area contributed by atoms with Crippen LogP contribution in [0.5, 0.6) is 0 Å². The molecule has 0 amide bonds. The van der Waals surface area contributed by atoms with E-state index in [1.807, 2.05) is 0 Å². The van der Waals surface area contributed by atoms with Crippen LogP contribution in [0.1, 0.15) is 32.1 Å². The van der Waals surface area contributed by atoms with Crippen molar-refractivity contribution in [3.05, 3.63) is 30.3 Å². The second-order valence-corrected chi connectivity index (χ2v) is 7.93. The standard InChI is InChI=1S/C15H18O2Se/c16-14-10-11-6-4-5-9-13(15(11)17-14)18-12-7-2-1-3-8-12/h1-3,7-8,11,13,15H,4-6,9-10H2/t11-,13?,15+/m1/s1. The van der Waals surface area contributed by atoms with E-state index in [1.165, 1.54) is 30.1 Å². The molecule has 0 bridgehead atoms. The van der Waals surface area contributed by atoms with E-state index in [0.29, 0.717) is 32.1 Å². The van der Waals surface area contributed by atoms with Gasteiger partial charge in [0, 0.05) is 0 Å². The molecule has 0 radical (unpaired) electrons. The number of fused-ring (bicyclic) bond motifs is 1. The van der Waals surface area contributed by atoms with Gasteiger partial charge in [-0.3, -0.25) is 0 Å². The van der Waals surface area contributed by atoms with Crippen LogP contribution in [0, 0.1) is 5.92 Å². The summed E-state index contributed by atoms with van der Waals surface area (Å²) in [7, 11) is 0. The summed E-state index contributed by atoms with van der Waals surface area (Å²) in [6, 6.07) is 10.7. The Morgan fingerprint density at radius 3 is 2.72 bits per heavy atom. The molecule has 1 saturated carbocycles. The van der Waals surface area contributed by atoms with Crippen molar-refractivity contribution < 1.29 is 9.53 Å². The van der Waals surface area contributed by atoms with Crippen LogP contribution in [-0.4, -0.2) is 27.0 Å². The first-order valence-electron chi connectivity index (χ1n) is 6.74. The molecule has 2 fully saturated rings. The number of carbonyl (C=O) groups excluding carboxylic acids is 1. The third-order valence-electron chi connectivity index (χ3n) is 3.87. The Balaban J connectivity index is 1.75. The molecule has 1 aliphatic carbocycles. The van der Waals surface area contributed by atoms with Crippen molar-refractivity contribution in [2.45, 2.75) is 43.0 Å². The summed E-state index contributed by atoms with van der Waals surface area (Å²) < 4.78 is 7.04. The number of rotatable bonds is 2. The monoisotopic (exact) mass is 310 g/mol. The molecule has 3 rings (SSSR count). The van der Waals surface area contributed by atoms with Gasteiger partial charge in [-0.15, -0.1) is 0 Å². The average Bonchev–Trinajstić information content (AvgIpc) is 2.66. The molecular weight excluding hydrogens is 291 g/mol. The molecule has 0 spiro atoms. The summed E-state index contributed by atoms with van der Waals surface area (Å²) in [6.07, 6.45) is 5.83. The molecule has 3 heteroatoms. The minimum absolute atomic E-state index is 0.0285. The van der Waals surface area contributed by atoms with Crippen molar-refractivity contribution in [2.24, 2.45) is 5.92 Å². The molecule has 96 valence electrons. The van der Waals surface area contributed by atoms with Crippen LogP contribution in [-0.2, 0) is 9.53 Å². The molecule has 1 unspecified atom stereocenters. The topological polar surface area (TPSA) is 26.3 Å². The van der Waals surface area contributed by atoms with Gasteiger partial charge >= 0.3 is 114 Å². The van der Waals surface area contributed by atoms with Gasteiger partial charge in [-0.2, -0.15) is 0 Å². The van der Waals surface area contributed by atoms with Crippen LogP contribution in [0.25, 0.3) is 0 Å². The van der Waals surface area contributed by atoms with Crippen LogP contribution in [0.4, 0.5) is 0 Å². The predicted molar refractivity (Wildman–Crippen MR) is 72.0 cm³/mol. The average molecular weight is 309 g/mol. The molecule has 1 heterocycles. The van der Waals surface area contributed by atoms with Crippen LogP contribution in [0.3, 0.4) is 0 Å². The van der Waals surface area contributed by atoms with E-state index in [2.05, 4.69) is 30.3 Å². The molecule has 1 aromatic rings. The van der Waals surface area contributed by atoms with E-state index in [-0.39, 0.29) is 12.1 Å². The van der Waals surface area contributed by atoms with Gasteiger partial charge in [0.05, 0.1) is 0 Å². The molecule has 3 atom stereocenters. The number of esters is 1. The Labute approximate surface area is 114 Å². The molecule has 0 aromatic heterocycles. The molecule has 1 aliphatic heterocycles. The van der Waals surface area contributed by atoms with Crippen molar-refractivity contribution in [2.75, 3.05) is 0 Å². The fourth-order valence-electron chi connectivity index (χ4n) is 2.99. The normalized spacial score (nSPS) is 31.6. The van der Waals surface area contributed by atoms with Gasteiger partial charge < -0.3 is 0 Å². The summed E-state index contributed by atoms with van der Waals surface area (Å²) in [5.41, 5.74) is 0. The number of hydrogen-bond acceptors (Lipinski definition) is 2. The van der Waals surface area contributed by atoms with Gasteiger partial charge in [0.25, 0.3) is 0 Å². The van der Waals surface area contributed by atoms with Crippen LogP contribution < -0.4 is 4.46 Å². The van der Waals surface area contributed by atoms with Gasteiger partial charge in [-0.25, -0.2) is 0 Å². The van der Waals surface area contributed by atoms with Gasteiger partial charge in [-0.05, 0) is 0 Å². The Hall–Kier alpha value is -0.791. The quantitative estimate of drug-likeness (QED) is 0.619. The van der Waals surface area contributed by atoms with E-state index < -0.39 is 0 Å². The van der Waals surface area contributed by atoms with Crippen molar-refractivity contribution in [1.82, 2.24) is 0 Å². The van der Waals surface area contributed by atoms with Gasteiger partial charge in [0.2, 0.25) is 0 Å². The van der Waals surface area contributed by atoms with Crippen molar-refractivity contribution in [1.29, 1.82) is 0 Å². The van der Waals surface area contributed by atoms with Crippen LogP contribution in [0.15, 0.2) is 30.3 Å². The van der Waals surface area contributed by atoms with Crippen LogP contribution in [0.2, 0.25) is 4.82 Å². The molecule has 1 saturated heterocycles. The second kappa shape index (κ2) is 5.46. The van der Waals surface area contributed by atoms with Gasteiger partial charge in [0.1, 0.15) is 0 Å². The zero-order chi connectivity index (χ0) is 12.4. The predicted octanol–water partition coefficient (Wildman–Crippen LogP) is 2.31. The van der Waals surface area contributed by atoms with E-state index in [1.54, 1.807) is 0 Å². The van der Waals surface area contributed by atoms with Gasteiger partial charge in [-0.1, -0.05) is 0 Å². The van der Waals surface area contributed by atoms with E-state index in [0.717, 1.165) is 0 Å². The first-order chi connectivity index (χ1) is 8.83. The summed E-state index contributed by atoms with van der Waals surface area (Å²) in [5.74, 6) is 0.524. The van der Waals surface area contributed by atoms with Crippen molar-refractivity contribution in [3.8, 4) is 0 Å². The van der Waals surface area contributed by atoms with Gasteiger partial charge in [0.15, 0.2) is 0 Å².